The van der Waals surface area contributed by atoms with E-state index in [1.54, 1.807) is 12.5 Å². The minimum atomic E-state index is 0.654. The number of nitrogens with two attached hydrogens (primary N) is 1. The molecule has 0 aliphatic carbocycles. The van der Waals surface area contributed by atoms with Crippen molar-refractivity contribution in [3.05, 3.63) is 59.6 Å². The lowest BCUT2D eigenvalue weighted by molar-refractivity contribution is 0.646. The Bertz CT molecular complexity index is 688. The molecule has 0 saturated carbocycles. The van der Waals surface area contributed by atoms with Gasteiger partial charge >= 0.3 is 0 Å². The Morgan fingerprint density at radius 2 is 2.09 bits per heavy atom. The molecule has 5 nitrogen and oxygen atoms in total. The maximum Gasteiger partial charge on any atom is 0.180 e. The van der Waals surface area contributed by atoms with Crippen LogP contribution >= 0.6 is 11.3 Å². The number of benzene rings is 1. The largest absolute Gasteiger partial charge is 0.375 e. The van der Waals surface area contributed by atoms with E-state index >= 15 is 0 Å². The molecule has 0 atom stereocenters. The maximum absolute atomic E-state index is 5.62. The number of rotatable bonds is 7. The molecule has 2 aromatic heterocycles. The Hall–Kier alpha value is -2.18. The van der Waals surface area contributed by atoms with E-state index in [4.69, 9.17) is 5.73 Å². The zero-order chi connectivity index (χ0) is 15.2. The average molecular weight is 313 g/mol. The summed E-state index contributed by atoms with van der Waals surface area (Å²) < 4.78 is 2.00. The molecule has 0 spiro atoms. The minimum Gasteiger partial charge on any atom is -0.375 e. The van der Waals surface area contributed by atoms with Crippen molar-refractivity contribution in [2.75, 3.05) is 12.3 Å². The van der Waals surface area contributed by atoms with E-state index in [1.165, 1.54) is 16.9 Å². The fourth-order valence-corrected chi connectivity index (χ4v) is 2.86. The highest BCUT2D eigenvalue weighted by molar-refractivity contribution is 7.13. The molecule has 3 N–H and O–H groups in total. The number of nitrogen functional groups attached to an aromatic ring is 1. The highest BCUT2D eigenvalue weighted by Gasteiger charge is 1.99. The average Bonchev–Trinajstić information content (AvgIpc) is 3.19. The molecule has 6 heteroatoms. The molecule has 1 aromatic carbocycles. The number of hydrogen-bond acceptors (Lipinski definition) is 5. The molecule has 0 saturated heterocycles. The summed E-state index contributed by atoms with van der Waals surface area (Å²) in [6.45, 7) is 1.85. The van der Waals surface area contributed by atoms with Gasteiger partial charge in [-0.1, -0.05) is 12.1 Å². The summed E-state index contributed by atoms with van der Waals surface area (Å²) in [6.07, 6.45) is 7.57. The molecule has 3 aromatic rings. The van der Waals surface area contributed by atoms with Crippen molar-refractivity contribution in [2.24, 2.45) is 0 Å². The van der Waals surface area contributed by atoms with Gasteiger partial charge in [0.15, 0.2) is 5.13 Å². The monoisotopic (exact) mass is 313 g/mol. The molecule has 0 radical (unpaired) electrons. The number of anilines is 1. The highest BCUT2D eigenvalue weighted by atomic mass is 32.1. The summed E-state index contributed by atoms with van der Waals surface area (Å²) in [6, 6.07) is 8.50. The van der Waals surface area contributed by atoms with Gasteiger partial charge in [-0.3, -0.25) is 0 Å². The first-order valence-electron chi connectivity index (χ1n) is 7.29. The molecule has 0 bridgehead atoms. The van der Waals surface area contributed by atoms with E-state index in [1.807, 2.05) is 16.1 Å². The maximum atomic E-state index is 5.62. The van der Waals surface area contributed by atoms with Crippen molar-refractivity contribution in [1.29, 1.82) is 0 Å². The molecule has 0 unspecified atom stereocenters. The van der Waals surface area contributed by atoms with E-state index in [9.17, 15) is 0 Å². The highest BCUT2D eigenvalue weighted by Crippen LogP contribution is 2.12. The normalized spacial score (nSPS) is 10.9. The standard InChI is InChI=1S/C16H19N5S/c17-16-20-14(11-22-16)2-1-7-18-10-13-3-5-15(6-4-13)21-9-8-19-12-21/h3-6,8-9,11-12,18H,1-2,7,10H2,(H2,17,20). The van der Waals surface area contributed by atoms with Crippen molar-refractivity contribution in [1.82, 2.24) is 19.9 Å². The van der Waals surface area contributed by atoms with Gasteiger partial charge in [0.1, 0.15) is 0 Å². The summed E-state index contributed by atoms with van der Waals surface area (Å²) in [4.78, 5) is 8.32. The minimum absolute atomic E-state index is 0.654. The van der Waals surface area contributed by atoms with Crippen LogP contribution in [0.3, 0.4) is 0 Å². The van der Waals surface area contributed by atoms with Gasteiger partial charge < -0.3 is 15.6 Å². The summed E-state index contributed by atoms with van der Waals surface area (Å²) in [5.41, 5.74) is 9.12. The fourth-order valence-electron chi connectivity index (χ4n) is 2.26. The van der Waals surface area contributed by atoms with Crippen molar-refractivity contribution < 1.29 is 0 Å². The molecule has 114 valence electrons. The van der Waals surface area contributed by atoms with E-state index < -0.39 is 0 Å². The van der Waals surface area contributed by atoms with Crippen LogP contribution in [0.5, 0.6) is 0 Å². The molecular weight excluding hydrogens is 294 g/mol. The Kier molecular flexibility index (Phi) is 4.82. The van der Waals surface area contributed by atoms with Crippen LogP contribution in [0.4, 0.5) is 5.13 Å². The van der Waals surface area contributed by atoms with Gasteiger partial charge in [-0.15, -0.1) is 11.3 Å². The molecule has 0 aliphatic heterocycles. The quantitative estimate of drug-likeness (QED) is 0.658. The zero-order valence-electron chi connectivity index (χ0n) is 12.3. The smallest absolute Gasteiger partial charge is 0.180 e. The van der Waals surface area contributed by atoms with Crippen LogP contribution < -0.4 is 11.1 Å². The van der Waals surface area contributed by atoms with Gasteiger partial charge in [-0.25, -0.2) is 9.97 Å². The van der Waals surface area contributed by atoms with Gasteiger partial charge in [0.25, 0.3) is 0 Å². The van der Waals surface area contributed by atoms with Crippen LogP contribution in [0.15, 0.2) is 48.4 Å². The van der Waals surface area contributed by atoms with Gasteiger partial charge in [0, 0.05) is 30.0 Å². The van der Waals surface area contributed by atoms with Crippen LogP contribution in [0.25, 0.3) is 5.69 Å². The van der Waals surface area contributed by atoms with E-state index in [2.05, 4.69) is 39.6 Å². The third kappa shape index (κ3) is 3.93. The zero-order valence-corrected chi connectivity index (χ0v) is 13.1. The van der Waals surface area contributed by atoms with E-state index in [-0.39, 0.29) is 0 Å². The molecule has 0 aliphatic rings. The van der Waals surface area contributed by atoms with Crippen LogP contribution in [0, 0.1) is 0 Å². The third-order valence-electron chi connectivity index (χ3n) is 3.42. The molecular formula is C16H19N5S. The number of hydrogen-bond donors (Lipinski definition) is 2. The lowest BCUT2D eigenvalue weighted by atomic mass is 10.2. The first-order chi connectivity index (χ1) is 10.8. The summed E-state index contributed by atoms with van der Waals surface area (Å²) in [5.74, 6) is 0. The first-order valence-corrected chi connectivity index (χ1v) is 8.17. The Labute approximate surface area is 133 Å². The molecule has 0 fully saturated rings. The second kappa shape index (κ2) is 7.20. The predicted molar refractivity (Wildman–Crippen MR) is 90.1 cm³/mol. The van der Waals surface area contributed by atoms with Crippen molar-refractivity contribution >= 4 is 16.5 Å². The van der Waals surface area contributed by atoms with Crippen LogP contribution in [-0.2, 0) is 13.0 Å². The number of imidazole rings is 1. The van der Waals surface area contributed by atoms with Gasteiger partial charge in [0.2, 0.25) is 0 Å². The fraction of sp³-hybridized carbons (Fsp3) is 0.250. The van der Waals surface area contributed by atoms with Crippen LogP contribution in [0.2, 0.25) is 0 Å². The van der Waals surface area contributed by atoms with Crippen LogP contribution in [0.1, 0.15) is 17.7 Å². The lowest BCUT2D eigenvalue weighted by Crippen LogP contribution is -2.15. The SMILES string of the molecule is Nc1nc(CCCNCc2ccc(-n3ccnc3)cc2)cs1. The number of aryl methyl sites for hydroxylation is 1. The third-order valence-corrected chi connectivity index (χ3v) is 4.15. The Balaban J connectivity index is 1.40. The summed E-state index contributed by atoms with van der Waals surface area (Å²) in [7, 11) is 0. The van der Waals surface area contributed by atoms with Crippen molar-refractivity contribution in [3.8, 4) is 5.69 Å². The molecule has 22 heavy (non-hydrogen) atoms. The van der Waals surface area contributed by atoms with Crippen molar-refractivity contribution in [2.45, 2.75) is 19.4 Å². The van der Waals surface area contributed by atoms with Crippen LogP contribution in [-0.4, -0.2) is 21.1 Å². The second-order valence-corrected chi connectivity index (χ2v) is 5.98. The predicted octanol–water partition coefficient (Wildman–Crippen LogP) is 2.63. The number of thiazole rings is 1. The Morgan fingerprint density at radius 3 is 2.77 bits per heavy atom. The van der Waals surface area contributed by atoms with Crippen molar-refractivity contribution in [3.63, 3.8) is 0 Å². The second-order valence-electron chi connectivity index (χ2n) is 5.09. The van der Waals surface area contributed by atoms with Gasteiger partial charge in [-0.2, -0.15) is 0 Å². The van der Waals surface area contributed by atoms with Gasteiger partial charge in [0.05, 0.1) is 12.0 Å². The first kappa shape index (κ1) is 14.7. The van der Waals surface area contributed by atoms with Gasteiger partial charge in [-0.05, 0) is 37.1 Å². The Morgan fingerprint density at radius 1 is 1.23 bits per heavy atom. The topological polar surface area (TPSA) is 68.8 Å². The lowest BCUT2D eigenvalue weighted by Gasteiger charge is -2.06. The number of nitrogens with zero attached hydrogens (tertiary/aromatic N) is 3. The van der Waals surface area contributed by atoms with E-state index in [0.29, 0.717) is 5.13 Å². The summed E-state index contributed by atoms with van der Waals surface area (Å²) >= 11 is 1.51. The molecule has 0 amide bonds. The molecule has 3 rings (SSSR count). The number of aromatic nitrogens is 3. The van der Waals surface area contributed by atoms with E-state index in [0.717, 1.165) is 37.3 Å². The summed E-state index contributed by atoms with van der Waals surface area (Å²) in [5, 5.41) is 6.14. The number of nitrogens with one attached hydrogen (secondary N) is 1. The molecule has 2 heterocycles.